The normalized spacial score (nSPS) is 23.6. The Kier molecular flexibility index (Phi) is 4.87. The van der Waals surface area contributed by atoms with E-state index in [1.54, 1.807) is 0 Å². The van der Waals surface area contributed by atoms with Crippen LogP contribution < -0.4 is 5.73 Å². The highest BCUT2D eigenvalue weighted by Gasteiger charge is 2.31. The molecule has 0 aromatic heterocycles. The molecular formula is C13H24F3N. The number of rotatable bonds is 4. The van der Waals surface area contributed by atoms with E-state index in [0.29, 0.717) is 17.8 Å². The minimum absolute atomic E-state index is 0.0477. The molecule has 0 aliphatic heterocycles. The van der Waals surface area contributed by atoms with Crippen LogP contribution in [0.2, 0.25) is 0 Å². The molecule has 17 heavy (non-hydrogen) atoms. The molecule has 102 valence electrons. The fourth-order valence-electron chi connectivity index (χ4n) is 2.62. The largest absolute Gasteiger partial charge is 0.389 e. The van der Waals surface area contributed by atoms with Crippen molar-refractivity contribution in [2.75, 3.05) is 0 Å². The molecule has 1 nitrogen and oxygen atoms in total. The van der Waals surface area contributed by atoms with Crippen LogP contribution in [-0.2, 0) is 0 Å². The molecule has 0 spiro atoms. The van der Waals surface area contributed by atoms with Crippen LogP contribution in [0.5, 0.6) is 0 Å². The first kappa shape index (κ1) is 14.8. The zero-order valence-corrected chi connectivity index (χ0v) is 10.8. The van der Waals surface area contributed by atoms with Crippen LogP contribution in [0.4, 0.5) is 13.2 Å². The van der Waals surface area contributed by atoms with Gasteiger partial charge in [-0.3, -0.25) is 0 Å². The topological polar surface area (TPSA) is 26.0 Å². The van der Waals surface area contributed by atoms with Crippen LogP contribution in [0.25, 0.3) is 0 Å². The van der Waals surface area contributed by atoms with Crippen LogP contribution in [-0.4, -0.2) is 12.2 Å². The standard InChI is InChI=1S/C13H24F3N/c1-12(2)8-5-10(6-9-12)11(17)4-3-7-13(14,15)16/h10-11H,3-9,17H2,1-2H3. The van der Waals surface area contributed by atoms with Gasteiger partial charge in [-0.05, 0) is 49.9 Å². The van der Waals surface area contributed by atoms with Gasteiger partial charge >= 0.3 is 6.18 Å². The predicted octanol–water partition coefficient (Wildman–Crippen LogP) is 4.26. The summed E-state index contributed by atoms with van der Waals surface area (Å²) in [5, 5.41) is 0. The molecule has 0 bridgehead atoms. The van der Waals surface area contributed by atoms with Crippen molar-refractivity contribution < 1.29 is 13.2 Å². The van der Waals surface area contributed by atoms with Crippen molar-refractivity contribution in [1.29, 1.82) is 0 Å². The van der Waals surface area contributed by atoms with Crippen molar-refractivity contribution in [1.82, 2.24) is 0 Å². The molecule has 0 amide bonds. The van der Waals surface area contributed by atoms with Crippen LogP contribution in [0.1, 0.15) is 58.8 Å². The van der Waals surface area contributed by atoms with Gasteiger partial charge in [0.05, 0.1) is 0 Å². The van der Waals surface area contributed by atoms with Gasteiger partial charge in [0.1, 0.15) is 0 Å². The van der Waals surface area contributed by atoms with E-state index >= 15 is 0 Å². The average molecular weight is 251 g/mol. The summed E-state index contributed by atoms with van der Waals surface area (Å²) < 4.78 is 36.0. The Morgan fingerprint density at radius 2 is 1.76 bits per heavy atom. The van der Waals surface area contributed by atoms with E-state index in [9.17, 15) is 13.2 Å². The first-order valence-electron chi connectivity index (χ1n) is 6.52. The van der Waals surface area contributed by atoms with Gasteiger partial charge in [0, 0.05) is 12.5 Å². The van der Waals surface area contributed by atoms with Crippen molar-refractivity contribution in [3.05, 3.63) is 0 Å². The van der Waals surface area contributed by atoms with E-state index in [1.807, 2.05) is 0 Å². The van der Waals surface area contributed by atoms with Crippen LogP contribution in [0.3, 0.4) is 0 Å². The fourth-order valence-corrected chi connectivity index (χ4v) is 2.62. The number of nitrogens with two attached hydrogens (primary N) is 1. The van der Waals surface area contributed by atoms with Gasteiger partial charge in [-0.25, -0.2) is 0 Å². The maximum Gasteiger partial charge on any atom is 0.389 e. The monoisotopic (exact) mass is 251 g/mol. The Morgan fingerprint density at radius 1 is 1.24 bits per heavy atom. The lowest BCUT2D eigenvalue weighted by atomic mass is 9.71. The lowest BCUT2D eigenvalue weighted by Gasteiger charge is -2.36. The smallest absolute Gasteiger partial charge is 0.327 e. The summed E-state index contributed by atoms with van der Waals surface area (Å²) in [5.74, 6) is 0.427. The molecule has 1 fully saturated rings. The summed E-state index contributed by atoms with van der Waals surface area (Å²) >= 11 is 0. The molecule has 1 aliphatic rings. The van der Waals surface area contributed by atoms with Crippen LogP contribution >= 0.6 is 0 Å². The maximum absolute atomic E-state index is 12.0. The molecule has 1 aliphatic carbocycles. The summed E-state index contributed by atoms with van der Waals surface area (Å²) in [6.45, 7) is 4.50. The summed E-state index contributed by atoms with van der Waals surface area (Å²) in [6.07, 6.45) is 0.373. The lowest BCUT2D eigenvalue weighted by Crippen LogP contribution is -2.35. The van der Waals surface area contributed by atoms with Gasteiger partial charge in [-0.2, -0.15) is 13.2 Å². The van der Waals surface area contributed by atoms with Gasteiger partial charge in [0.25, 0.3) is 0 Å². The minimum atomic E-state index is -4.03. The zero-order valence-electron chi connectivity index (χ0n) is 10.8. The van der Waals surface area contributed by atoms with Gasteiger partial charge in [0.2, 0.25) is 0 Å². The molecule has 0 saturated heterocycles. The SMILES string of the molecule is CC1(C)CCC(C(N)CCCC(F)(F)F)CC1. The Hall–Kier alpha value is -0.250. The van der Waals surface area contributed by atoms with E-state index in [2.05, 4.69) is 13.8 Å². The molecule has 4 heteroatoms. The van der Waals surface area contributed by atoms with Crippen molar-refractivity contribution in [3.63, 3.8) is 0 Å². The van der Waals surface area contributed by atoms with E-state index in [1.165, 1.54) is 0 Å². The van der Waals surface area contributed by atoms with E-state index < -0.39 is 12.6 Å². The van der Waals surface area contributed by atoms with Gasteiger partial charge in [-0.15, -0.1) is 0 Å². The van der Waals surface area contributed by atoms with Crippen molar-refractivity contribution in [2.45, 2.75) is 71.0 Å². The highest BCUT2D eigenvalue weighted by molar-refractivity contribution is 4.83. The highest BCUT2D eigenvalue weighted by Crippen LogP contribution is 2.39. The van der Waals surface area contributed by atoms with Crippen molar-refractivity contribution in [3.8, 4) is 0 Å². The number of hydrogen-bond acceptors (Lipinski definition) is 1. The fraction of sp³-hybridized carbons (Fsp3) is 1.00. The van der Waals surface area contributed by atoms with Crippen LogP contribution in [0, 0.1) is 11.3 Å². The first-order valence-corrected chi connectivity index (χ1v) is 6.52. The quantitative estimate of drug-likeness (QED) is 0.793. The second-order valence-electron chi connectivity index (χ2n) is 6.17. The third-order valence-corrected chi connectivity index (χ3v) is 3.99. The molecule has 1 unspecified atom stereocenters. The van der Waals surface area contributed by atoms with E-state index in [-0.39, 0.29) is 12.5 Å². The number of halogens is 3. The second-order valence-corrected chi connectivity index (χ2v) is 6.17. The average Bonchev–Trinajstić information content (AvgIpc) is 2.15. The molecule has 0 aromatic rings. The second kappa shape index (κ2) is 5.59. The lowest BCUT2D eigenvalue weighted by molar-refractivity contribution is -0.135. The maximum atomic E-state index is 12.0. The highest BCUT2D eigenvalue weighted by atomic mass is 19.4. The summed E-state index contributed by atoms with van der Waals surface area (Å²) in [6, 6.07) is -0.0477. The van der Waals surface area contributed by atoms with Gasteiger partial charge < -0.3 is 5.73 Å². The van der Waals surface area contributed by atoms with Crippen molar-refractivity contribution in [2.24, 2.45) is 17.1 Å². The zero-order chi connectivity index (χ0) is 13.1. The summed E-state index contributed by atoms with van der Waals surface area (Å²) in [4.78, 5) is 0. The molecule has 0 aromatic carbocycles. The van der Waals surface area contributed by atoms with Gasteiger partial charge in [-0.1, -0.05) is 13.8 Å². The molecule has 0 heterocycles. The Bertz CT molecular complexity index is 225. The Labute approximate surface area is 102 Å². The summed E-state index contributed by atoms with van der Waals surface area (Å²) in [7, 11) is 0. The third kappa shape index (κ3) is 5.75. The Morgan fingerprint density at radius 3 is 2.24 bits per heavy atom. The van der Waals surface area contributed by atoms with E-state index in [4.69, 9.17) is 5.73 Å². The van der Waals surface area contributed by atoms with Crippen molar-refractivity contribution >= 4 is 0 Å². The number of hydrogen-bond donors (Lipinski definition) is 1. The van der Waals surface area contributed by atoms with E-state index in [0.717, 1.165) is 25.7 Å². The molecule has 0 radical (unpaired) electrons. The van der Waals surface area contributed by atoms with Gasteiger partial charge in [0.15, 0.2) is 0 Å². The minimum Gasteiger partial charge on any atom is -0.327 e. The molecular weight excluding hydrogens is 227 g/mol. The molecule has 1 atom stereocenters. The Balaban J connectivity index is 2.23. The summed E-state index contributed by atoms with van der Waals surface area (Å²) in [5.41, 5.74) is 6.39. The third-order valence-electron chi connectivity index (χ3n) is 3.99. The molecule has 2 N–H and O–H groups in total. The van der Waals surface area contributed by atoms with Crippen LogP contribution in [0.15, 0.2) is 0 Å². The molecule has 1 saturated carbocycles. The first-order chi connectivity index (χ1) is 7.70. The number of alkyl halides is 3. The predicted molar refractivity (Wildman–Crippen MR) is 63.6 cm³/mol. The molecule has 1 rings (SSSR count).